The second kappa shape index (κ2) is 8.30. The zero-order valence-electron chi connectivity index (χ0n) is 17.0. The quantitative estimate of drug-likeness (QED) is 0.577. The summed E-state index contributed by atoms with van der Waals surface area (Å²) in [5.41, 5.74) is 1.59. The Hall–Kier alpha value is -3.78. The summed E-state index contributed by atoms with van der Waals surface area (Å²) in [5.74, 6) is -0.505. The lowest BCUT2D eigenvalue weighted by Crippen LogP contribution is -2.50. The largest absolute Gasteiger partial charge is 0.496 e. The third kappa shape index (κ3) is 3.72. The molecular weight excluding hydrogens is 384 g/mol. The maximum absolute atomic E-state index is 12.9. The Morgan fingerprint density at radius 3 is 2.80 bits per heavy atom. The first-order chi connectivity index (χ1) is 14.3. The molecule has 0 fully saturated rings. The molecule has 0 saturated heterocycles. The van der Waals surface area contributed by atoms with Gasteiger partial charge in [-0.2, -0.15) is 10.5 Å². The van der Waals surface area contributed by atoms with E-state index < -0.39 is 17.4 Å². The van der Waals surface area contributed by atoms with Gasteiger partial charge in [0.1, 0.15) is 17.9 Å². The lowest BCUT2D eigenvalue weighted by Gasteiger charge is -2.39. The van der Waals surface area contributed by atoms with Gasteiger partial charge >= 0.3 is 5.97 Å². The second-order valence-electron chi connectivity index (χ2n) is 7.42. The topological polar surface area (TPSA) is 128 Å². The molecule has 0 bridgehead atoms. The Labute approximate surface area is 174 Å². The summed E-state index contributed by atoms with van der Waals surface area (Å²) in [6.07, 6.45) is 1.93. The minimum Gasteiger partial charge on any atom is -0.496 e. The van der Waals surface area contributed by atoms with Gasteiger partial charge in [0, 0.05) is 28.9 Å². The number of carbonyl (C=O) groups excluding carboxylic acids is 1. The number of nitrogens with one attached hydrogen (secondary N) is 2. The average molecular weight is 406 g/mol. The molecule has 1 aromatic heterocycles. The number of carbonyl (C=O) groups is 1. The predicted molar refractivity (Wildman–Crippen MR) is 109 cm³/mol. The highest BCUT2D eigenvalue weighted by molar-refractivity contribution is 5.86. The lowest BCUT2D eigenvalue weighted by atomic mass is 9.76. The van der Waals surface area contributed by atoms with Crippen LogP contribution in [0.5, 0.6) is 5.75 Å². The van der Waals surface area contributed by atoms with Crippen molar-refractivity contribution in [1.29, 1.82) is 10.5 Å². The number of nitriles is 2. The monoisotopic (exact) mass is 406 g/mol. The molecule has 0 amide bonds. The van der Waals surface area contributed by atoms with Gasteiger partial charge in [-0.15, -0.1) is 0 Å². The maximum atomic E-state index is 12.9. The van der Waals surface area contributed by atoms with Crippen molar-refractivity contribution in [2.45, 2.75) is 38.1 Å². The van der Waals surface area contributed by atoms with Gasteiger partial charge in [0.25, 0.3) is 5.56 Å². The van der Waals surface area contributed by atoms with Gasteiger partial charge < -0.3 is 19.8 Å². The summed E-state index contributed by atoms with van der Waals surface area (Å²) in [6, 6.07) is 9.04. The summed E-state index contributed by atoms with van der Waals surface area (Å²) in [4.78, 5) is 28.4. The van der Waals surface area contributed by atoms with E-state index in [1.54, 1.807) is 31.3 Å². The van der Waals surface area contributed by atoms with Crippen molar-refractivity contribution in [2.24, 2.45) is 0 Å². The van der Waals surface area contributed by atoms with Crippen LogP contribution in [0.4, 0.5) is 5.69 Å². The van der Waals surface area contributed by atoms with Gasteiger partial charge in [-0.1, -0.05) is 6.07 Å². The van der Waals surface area contributed by atoms with E-state index in [2.05, 4.69) is 16.4 Å². The van der Waals surface area contributed by atoms with Crippen molar-refractivity contribution in [3.63, 3.8) is 0 Å². The van der Waals surface area contributed by atoms with Crippen molar-refractivity contribution in [1.82, 2.24) is 4.98 Å². The molecule has 8 nitrogen and oxygen atoms in total. The number of esters is 1. The van der Waals surface area contributed by atoms with Crippen molar-refractivity contribution in [3.8, 4) is 17.9 Å². The van der Waals surface area contributed by atoms with E-state index in [-0.39, 0.29) is 25.0 Å². The number of aryl methyl sites for hydroxylation is 1. The number of hydrogen-bond donors (Lipinski definition) is 2. The molecule has 2 N–H and O–H groups in total. The van der Waals surface area contributed by atoms with Crippen LogP contribution < -0.4 is 15.6 Å². The molecule has 3 rings (SSSR count). The maximum Gasteiger partial charge on any atom is 0.331 e. The lowest BCUT2D eigenvalue weighted by molar-refractivity contribution is -0.148. The molecule has 1 aliphatic rings. The van der Waals surface area contributed by atoms with Gasteiger partial charge in [-0.05, 0) is 38.0 Å². The van der Waals surface area contributed by atoms with Crippen LogP contribution in [0.1, 0.15) is 47.9 Å². The number of benzene rings is 1. The fraction of sp³-hybridized carbons (Fsp3) is 0.364. The molecule has 2 atom stereocenters. The zero-order chi connectivity index (χ0) is 21.9. The van der Waals surface area contributed by atoms with Crippen LogP contribution in [-0.4, -0.2) is 30.2 Å². The normalized spacial score (nSPS) is 19.6. The Bertz CT molecular complexity index is 1130. The first kappa shape index (κ1) is 20.9. The molecule has 8 heteroatoms. The minimum absolute atomic E-state index is 0.00132. The summed E-state index contributed by atoms with van der Waals surface area (Å²) in [5, 5.41) is 21.1. The number of rotatable bonds is 5. The van der Waals surface area contributed by atoms with Crippen molar-refractivity contribution in [2.75, 3.05) is 19.0 Å². The van der Waals surface area contributed by atoms with Crippen LogP contribution >= 0.6 is 0 Å². The standard InChI is InChI=1S/C22H22N4O4/c1-13-12-25-20(27)18-16(15-6-5-14(11-24)9-17(15)29-3)10-22(2,26-19(13)18)21(28)30-8-4-7-23/h5-6,9,12,16,26H,4,8,10H2,1-3H3,(H,25,27). The highest BCUT2D eigenvalue weighted by atomic mass is 16.5. The van der Waals surface area contributed by atoms with Gasteiger partial charge in [-0.25, -0.2) is 4.79 Å². The molecular formula is C22H22N4O4. The van der Waals surface area contributed by atoms with E-state index in [0.29, 0.717) is 28.1 Å². The Balaban J connectivity index is 2.15. The summed E-state index contributed by atoms with van der Waals surface area (Å²) >= 11 is 0. The van der Waals surface area contributed by atoms with E-state index in [1.807, 2.05) is 13.0 Å². The molecule has 30 heavy (non-hydrogen) atoms. The van der Waals surface area contributed by atoms with Crippen LogP contribution in [0.25, 0.3) is 0 Å². The van der Waals surface area contributed by atoms with E-state index in [9.17, 15) is 14.9 Å². The number of fused-ring (bicyclic) bond motifs is 1. The third-order valence-corrected chi connectivity index (χ3v) is 5.33. The van der Waals surface area contributed by atoms with Gasteiger partial charge in [0.15, 0.2) is 0 Å². The summed E-state index contributed by atoms with van der Waals surface area (Å²) in [7, 11) is 1.50. The Kier molecular flexibility index (Phi) is 5.79. The zero-order valence-corrected chi connectivity index (χ0v) is 17.0. The van der Waals surface area contributed by atoms with E-state index in [4.69, 9.17) is 14.7 Å². The van der Waals surface area contributed by atoms with Gasteiger partial charge in [0.05, 0.1) is 31.2 Å². The molecule has 0 aliphatic carbocycles. The molecule has 1 aliphatic heterocycles. The molecule has 0 radical (unpaired) electrons. The highest BCUT2D eigenvalue weighted by Gasteiger charge is 2.45. The average Bonchev–Trinajstić information content (AvgIpc) is 2.75. The number of anilines is 1. The second-order valence-corrected chi connectivity index (χ2v) is 7.42. The number of H-pyrrole nitrogens is 1. The fourth-order valence-corrected chi connectivity index (χ4v) is 3.80. The number of pyridine rings is 1. The summed E-state index contributed by atoms with van der Waals surface area (Å²) in [6.45, 7) is 3.55. The summed E-state index contributed by atoms with van der Waals surface area (Å²) < 4.78 is 10.8. The first-order valence-corrected chi connectivity index (χ1v) is 9.47. The van der Waals surface area contributed by atoms with Crippen molar-refractivity contribution >= 4 is 11.7 Å². The van der Waals surface area contributed by atoms with Crippen LogP contribution in [0.15, 0.2) is 29.2 Å². The molecule has 2 heterocycles. The smallest absolute Gasteiger partial charge is 0.331 e. The van der Waals surface area contributed by atoms with Gasteiger partial charge in [-0.3, -0.25) is 4.79 Å². The fourth-order valence-electron chi connectivity index (χ4n) is 3.80. The van der Waals surface area contributed by atoms with Crippen molar-refractivity contribution in [3.05, 3.63) is 57.0 Å². The van der Waals surface area contributed by atoms with E-state index >= 15 is 0 Å². The van der Waals surface area contributed by atoms with E-state index in [1.165, 1.54) is 7.11 Å². The number of hydrogen-bond acceptors (Lipinski definition) is 7. The highest BCUT2D eigenvalue weighted by Crippen LogP contribution is 2.45. The molecule has 2 aromatic rings. The van der Waals surface area contributed by atoms with Crippen LogP contribution in [-0.2, 0) is 9.53 Å². The molecule has 1 aromatic carbocycles. The van der Waals surface area contributed by atoms with Crippen LogP contribution in [0.2, 0.25) is 0 Å². The molecule has 0 spiro atoms. The Morgan fingerprint density at radius 2 is 2.13 bits per heavy atom. The first-order valence-electron chi connectivity index (χ1n) is 9.47. The number of ether oxygens (including phenoxy) is 2. The minimum atomic E-state index is -1.12. The predicted octanol–water partition coefficient (Wildman–Crippen LogP) is 2.73. The van der Waals surface area contributed by atoms with Crippen LogP contribution in [0.3, 0.4) is 0 Å². The number of nitrogens with zero attached hydrogens (tertiary/aromatic N) is 2. The SMILES string of the molecule is COc1cc(C#N)ccc1C1CC(C)(C(=O)OCCC#N)Nc2c(C)c[nH]c(=O)c21. The van der Waals surface area contributed by atoms with E-state index in [0.717, 1.165) is 5.56 Å². The molecule has 0 saturated carbocycles. The number of methoxy groups -OCH3 is 1. The molecule has 154 valence electrons. The third-order valence-electron chi connectivity index (χ3n) is 5.33. The molecule has 2 unspecified atom stereocenters. The van der Waals surface area contributed by atoms with Crippen molar-refractivity contribution < 1.29 is 14.3 Å². The van der Waals surface area contributed by atoms with Gasteiger partial charge in [0.2, 0.25) is 0 Å². The number of aromatic amines is 1. The van der Waals surface area contributed by atoms with Crippen LogP contribution in [0, 0.1) is 29.6 Å². The Morgan fingerprint density at radius 1 is 1.37 bits per heavy atom. The number of aromatic nitrogens is 1.